The summed E-state index contributed by atoms with van der Waals surface area (Å²) in [5, 5.41) is 0. The van der Waals surface area contributed by atoms with Crippen molar-refractivity contribution in [3.8, 4) is 0 Å². The van der Waals surface area contributed by atoms with Crippen LogP contribution in [0.5, 0.6) is 0 Å². The maximum Gasteiger partial charge on any atom is 0.334 e. The molecule has 0 radical (unpaired) electrons. The second kappa shape index (κ2) is 9.15. The third-order valence-electron chi connectivity index (χ3n) is 3.02. The van der Waals surface area contributed by atoms with Gasteiger partial charge in [-0.2, -0.15) is 0 Å². The average Bonchev–Trinajstić information content (AvgIpc) is 2.29. The van der Waals surface area contributed by atoms with Crippen LogP contribution in [0.15, 0.2) is 12.2 Å². The van der Waals surface area contributed by atoms with Gasteiger partial charge in [-0.05, 0) is 25.7 Å². The van der Waals surface area contributed by atoms with Crippen molar-refractivity contribution in [1.29, 1.82) is 0 Å². The van der Waals surface area contributed by atoms with Gasteiger partial charge in [0.1, 0.15) is 0 Å². The first-order valence-corrected chi connectivity index (χ1v) is 7.05. The predicted molar refractivity (Wildman–Crippen MR) is 76.6 cm³/mol. The highest BCUT2D eigenvalue weighted by Gasteiger charge is 2.19. The number of carbonyl (C=O) groups excluding carboxylic acids is 1. The molecule has 0 amide bonds. The van der Waals surface area contributed by atoms with Gasteiger partial charge in [-0.1, -0.05) is 34.3 Å². The Morgan fingerprint density at radius 3 is 2.17 bits per heavy atom. The van der Waals surface area contributed by atoms with Gasteiger partial charge >= 0.3 is 5.97 Å². The fraction of sp³-hybridized carbons (Fsp3) is 0.800. The van der Waals surface area contributed by atoms with Crippen molar-refractivity contribution in [1.82, 2.24) is 4.90 Å². The van der Waals surface area contributed by atoms with Gasteiger partial charge in [0.05, 0.1) is 6.61 Å². The van der Waals surface area contributed by atoms with E-state index in [1.807, 2.05) is 6.92 Å². The van der Waals surface area contributed by atoms with Gasteiger partial charge in [0, 0.05) is 24.7 Å². The lowest BCUT2D eigenvalue weighted by molar-refractivity contribution is -0.138. The molecule has 0 rings (SSSR count). The quantitative estimate of drug-likeness (QED) is 0.468. The second-order valence-corrected chi connectivity index (χ2v) is 5.12. The number of esters is 1. The van der Waals surface area contributed by atoms with Crippen LogP contribution < -0.4 is 0 Å². The third-order valence-corrected chi connectivity index (χ3v) is 3.02. The fourth-order valence-corrected chi connectivity index (χ4v) is 2.16. The van der Waals surface area contributed by atoms with Crippen LogP contribution in [0.25, 0.3) is 0 Å². The normalized spacial score (nSPS) is 11.3. The number of hydrogen-bond acceptors (Lipinski definition) is 3. The number of nitrogens with zero attached hydrogens (tertiary/aromatic N) is 1. The zero-order chi connectivity index (χ0) is 14.1. The van der Waals surface area contributed by atoms with Crippen molar-refractivity contribution in [3.05, 3.63) is 12.2 Å². The van der Waals surface area contributed by atoms with Gasteiger partial charge < -0.3 is 4.74 Å². The van der Waals surface area contributed by atoms with Crippen molar-refractivity contribution in [2.45, 2.75) is 53.5 Å². The van der Waals surface area contributed by atoms with Crippen LogP contribution in [0.3, 0.4) is 0 Å². The van der Waals surface area contributed by atoms with Crippen LogP contribution >= 0.6 is 0 Å². The molecular weight excluding hydrogens is 226 g/mol. The van der Waals surface area contributed by atoms with Gasteiger partial charge in [0.2, 0.25) is 0 Å². The number of ether oxygens (including phenoxy) is 1. The fourth-order valence-electron chi connectivity index (χ4n) is 2.16. The Hall–Kier alpha value is -0.830. The van der Waals surface area contributed by atoms with Crippen LogP contribution in [0.2, 0.25) is 0 Å². The van der Waals surface area contributed by atoms with Gasteiger partial charge in [-0.25, -0.2) is 4.79 Å². The second-order valence-electron chi connectivity index (χ2n) is 5.12. The Labute approximate surface area is 112 Å². The maximum absolute atomic E-state index is 11.6. The molecule has 0 saturated carbocycles. The molecule has 0 saturated heterocycles. The smallest absolute Gasteiger partial charge is 0.334 e. The minimum absolute atomic E-state index is 0.266. The average molecular weight is 255 g/mol. The Bertz CT molecular complexity index is 257. The van der Waals surface area contributed by atoms with Crippen molar-refractivity contribution < 1.29 is 9.53 Å². The summed E-state index contributed by atoms with van der Waals surface area (Å²) in [5.74, 6) is 0.317. The lowest BCUT2D eigenvalue weighted by Crippen LogP contribution is -2.39. The Kier molecular flexibility index (Phi) is 8.73. The molecular formula is C15H29NO2. The summed E-state index contributed by atoms with van der Waals surface area (Å²) in [5.41, 5.74) is 0.560. The van der Waals surface area contributed by atoms with E-state index in [2.05, 4.69) is 39.2 Å². The van der Waals surface area contributed by atoms with E-state index < -0.39 is 0 Å². The van der Waals surface area contributed by atoms with Crippen molar-refractivity contribution in [3.63, 3.8) is 0 Å². The van der Waals surface area contributed by atoms with E-state index in [4.69, 9.17) is 4.74 Å². The topological polar surface area (TPSA) is 29.5 Å². The van der Waals surface area contributed by atoms with E-state index in [1.165, 1.54) is 0 Å². The predicted octanol–water partition coefficient (Wildman–Crippen LogP) is 3.25. The number of hydrogen-bond donors (Lipinski definition) is 0. The lowest BCUT2D eigenvalue weighted by Gasteiger charge is -2.32. The molecule has 0 aromatic rings. The van der Waals surface area contributed by atoms with Crippen LogP contribution in [0, 0.1) is 5.92 Å². The zero-order valence-corrected chi connectivity index (χ0v) is 12.7. The standard InChI is InChI=1S/C15H29NO2/c1-7-14(8-2)16(10-12(4)5)11-13(6)15(17)18-9-3/h12,14H,6-11H2,1-5H3. The summed E-state index contributed by atoms with van der Waals surface area (Å²) >= 11 is 0. The van der Waals surface area contributed by atoms with Crippen molar-refractivity contribution in [2.75, 3.05) is 19.7 Å². The first kappa shape index (κ1) is 17.2. The summed E-state index contributed by atoms with van der Waals surface area (Å²) in [7, 11) is 0. The molecule has 0 fully saturated rings. The molecule has 106 valence electrons. The lowest BCUT2D eigenvalue weighted by atomic mass is 10.1. The molecule has 0 atom stereocenters. The molecule has 18 heavy (non-hydrogen) atoms. The van der Waals surface area contributed by atoms with Crippen LogP contribution in [0.4, 0.5) is 0 Å². The molecule has 0 spiro atoms. The molecule has 0 heterocycles. The summed E-state index contributed by atoms with van der Waals surface area (Å²) in [6.07, 6.45) is 2.19. The molecule has 0 bridgehead atoms. The highest BCUT2D eigenvalue weighted by atomic mass is 16.5. The van der Waals surface area contributed by atoms with Crippen LogP contribution in [-0.2, 0) is 9.53 Å². The minimum atomic E-state index is -0.266. The molecule has 0 aliphatic heterocycles. The molecule has 0 aromatic carbocycles. The maximum atomic E-state index is 11.6. The van der Waals surface area contributed by atoms with Crippen LogP contribution in [-0.4, -0.2) is 36.6 Å². The summed E-state index contributed by atoms with van der Waals surface area (Å²) in [4.78, 5) is 14.0. The summed E-state index contributed by atoms with van der Waals surface area (Å²) in [6.45, 7) is 16.5. The Morgan fingerprint density at radius 1 is 1.22 bits per heavy atom. The molecule has 0 aliphatic rings. The summed E-state index contributed by atoms with van der Waals surface area (Å²) in [6, 6.07) is 0.513. The molecule has 0 unspecified atom stereocenters. The molecule has 3 heteroatoms. The monoisotopic (exact) mass is 255 g/mol. The Morgan fingerprint density at radius 2 is 1.78 bits per heavy atom. The molecule has 0 aliphatic carbocycles. The van der Waals surface area contributed by atoms with Crippen molar-refractivity contribution >= 4 is 5.97 Å². The Balaban J connectivity index is 4.57. The first-order valence-electron chi connectivity index (χ1n) is 7.05. The first-order chi connectivity index (χ1) is 8.46. The number of rotatable bonds is 9. The van der Waals surface area contributed by atoms with E-state index >= 15 is 0 Å². The van der Waals surface area contributed by atoms with E-state index in [0.717, 1.165) is 19.4 Å². The molecule has 0 aromatic heterocycles. The van der Waals surface area contributed by atoms with E-state index in [-0.39, 0.29) is 5.97 Å². The number of carbonyl (C=O) groups is 1. The van der Waals surface area contributed by atoms with Gasteiger partial charge in [-0.3, -0.25) is 4.90 Å². The van der Waals surface area contributed by atoms with E-state index in [9.17, 15) is 4.79 Å². The third kappa shape index (κ3) is 6.20. The largest absolute Gasteiger partial charge is 0.463 e. The molecule has 0 N–H and O–H groups in total. The van der Waals surface area contributed by atoms with Gasteiger partial charge in [0.25, 0.3) is 0 Å². The zero-order valence-electron chi connectivity index (χ0n) is 12.7. The summed E-state index contributed by atoms with van der Waals surface area (Å²) < 4.78 is 4.99. The van der Waals surface area contributed by atoms with E-state index in [1.54, 1.807) is 0 Å². The van der Waals surface area contributed by atoms with Crippen molar-refractivity contribution in [2.24, 2.45) is 5.92 Å². The van der Waals surface area contributed by atoms with E-state index in [0.29, 0.717) is 30.7 Å². The minimum Gasteiger partial charge on any atom is -0.463 e. The SMILES string of the molecule is C=C(CN(CC(C)C)C(CC)CC)C(=O)OCC. The highest BCUT2D eigenvalue weighted by molar-refractivity contribution is 5.88. The van der Waals surface area contributed by atoms with Crippen LogP contribution in [0.1, 0.15) is 47.5 Å². The van der Waals surface area contributed by atoms with Gasteiger partial charge in [0.15, 0.2) is 0 Å². The van der Waals surface area contributed by atoms with Gasteiger partial charge in [-0.15, -0.1) is 0 Å². The molecule has 3 nitrogen and oxygen atoms in total. The highest BCUT2D eigenvalue weighted by Crippen LogP contribution is 2.13.